The summed E-state index contributed by atoms with van der Waals surface area (Å²) in [6.07, 6.45) is 5.34. The van der Waals surface area contributed by atoms with Crippen LogP contribution in [0, 0.1) is 6.92 Å². The van der Waals surface area contributed by atoms with E-state index in [1.165, 1.54) is 16.9 Å². The molecule has 15 heavy (non-hydrogen) atoms. The molecule has 1 aromatic heterocycles. The Morgan fingerprint density at radius 2 is 2.40 bits per heavy atom. The highest BCUT2D eigenvalue weighted by molar-refractivity contribution is 7.12. The van der Waals surface area contributed by atoms with Gasteiger partial charge in [0.15, 0.2) is 0 Å². The van der Waals surface area contributed by atoms with E-state index >= 15 is 0 Å². The van der Waals surface area contributed by atoms with Gasteiger partial charge < -0.3 is 5.32 Å². The zero-order valence-electron chi connectivity index (χ0n) is 10.0. The molecule has 0 aromatic carbocycles. The van der Waals surface area contributed by atoms with Crippen molar-refractivity contribution in [3.63, 3.8) is 0 Å². The molecular weight excluding hydrogens is 204 g/mol. The maximum absolute atomic E-state index is 4.24. The van der Waals surface area contributed by atoms with Crippen LogP contribution < -0.4 is 5.32 Å². The second kappa shape index (κ2) is 6.03. The summed E-state index contributed by atoms with van der Waals surface area (Å²) in [6, 6.07) is 0.451. The Kier molecular flexibility index (Phi) is 4.99. The molecule has 0 spiro atoms. The first-order valence-electron chi connectivity index (χ1n) is 5.47. The van der Waals surface area contributed by atoms with Gasteiger partial charge in [0.25, 0.3) is 0 Å². The summed E-state index contributed by atoms with van der Waals surface area (Å²) in [5, 5.41) is 4.60. The number of hydrogen-bond donors (Lipinski definition) is 1. The summed E-state index contributed by atoms with van der Waals surface area (Å²) in [4.78, 5) is 5.49. The highest BCUT2D eigenvalue weighted by Gasteiger charge is 2.03. The number of nitrogens with one attached hydrogen (secondary N) is 1. The Balaban J connectivity index is 2.58. The number of hydrogen-bond acceptors (Lipinski definition) is 3. The van der Waals surface area contributed by atoms with Crippen LogP contribution in [-0.4, -0.2) is 17.6 Å². The van der Waals surface area contributed by atoms with Crippen LogP contribution in [0.4, 0.5) is 0 Å². The van der Waals surface area contributed by atoms with E-state index in [4.69, 9.17) is 0 Å². The molecule has 84 valence electrons. The molecule has 0 bridgehead atoms. The topological polar surface area (TPSA) is 24.9 Å². The maximum atomic E-state index is 4.24. The van der Waals surface area contributed by atoms with E-state index < -0.39 is 0 Å². The Morgan fingerprint density at radius 3 is 2.93 bits per heavy atom. The molecule has 0 saturated carbocycles. The van der Waals surface area contributed by atoms with E-state index in [0.29, 0.717) is 6.04 Å². The lowest BCUT2D eigenvalue weighted by atomic mass is 10.1. The van der Waals surface area contributed by atoms with Crippen LogP contribution in [0.2, 0.25) is 0 Å². The Hall–Kier alpha value is -0.670. The van der Waals surface area contributed by atoms with E-state index in [9.17, 15) is 0 Å². The minimum atomic E-state index is 0.451. The van der Waals surface area contributed by atoms with Gasteiger partial charge in [-0.25, -0.2) is 4.98 Å². The van der Waals surface area contributed by atoms with Gasteiger partial charge in [-0.3, -0.25) is 0 Å². The van der Waals surface area contributed by atoms with Crippen molar-refractivity contribution in [1.82, 2.24) is 10.3 Å². The number of nitrogens with zero attached hydrogens (tertiary/aromatic N) is 1. The van der Waals surface area contributed by atoms with Gasteiger partial charge in [0.2, 0.25) is 0 Å². The van der Waals surface area contributed by atoms with Gasteiger partial charge >= 0.3 is 0 Å². The lowest BCUT2D eigenvalue weighted by molar-refractivity contribution is 0.604. The highest BCUT2D eigenvalue weighted by Crippen LogP contribution is 2.16. The zero-order valence-corrected chi connectivity index (χ0v) is 10.8. The van der Waals surface area contributed by atoms with Gasteiger partial charge in [0.05, 0.1) is 5.01 Å². The molecule has 1 aromatic rings. The molecule has 1 unspecified atom stereocenters. The quantitative estimate of drug-likeness (QED) is 0.830. The first-order chi connectivity index (χ1) is 7.13. The Morgan fingerprint density at radius 1 is 1.67 bits per heavy atom. The molecule has 0 radical (unpaired) electrons. The molecule has 0 saturated heterocycles. The van der Waals surface area contributed by atoms with Gasteiger partial charge in [-0.2, -0.15) is 0 Å². The smallest absolute Gasteiger partial charge is 0.0900 e. The average molecular weight is 224 g/mol. The highest BCUT2D eigenvalue weighted by atomic mass is 32.1. The van der Waals surface area contributed by atoms with Crippen LogP contribution in [0.1, 0.15) is 37.1 Å². The standard InChI is InChI=1S/C12H20N2S/c1-5-6-13-10(3)9(2)7-12-8-14-11(4)15-12/h7-8,10,13H,5-6H2,1-4H3. The third-order valence-electron chi connectivity index (χ3n) is 2.39. The summed E-state index contributed by atoms with van der Waals surface area (Å²) >= 11 is 1.74. The first kappa shape index (κ1) is 12.4. The number of aryl methyl sites for hydroxylation is 1. The van der Waals surface area contributed by atoms with Crippen molar-refractivity contribution in [2.45, 2.75) is 40.2 Å². The van der Waals surface area contributed by atoms with Crippen LogP contribution >= 0.6 is 11.3 Å². The molecule has 0 aliphatic rings. The van der Waals surface area contributed by atoms with Crippen LogP contribution in [0.5, 0.6) is 0 Å². The molecule has 0 aliphatic carbocycles. The zero-order chi connectivity index (χ0) is 11.3. The molecule has 2 nitrogen and oxygen atoms in total. The van der Waals surface area contributed by atoms with Gasteiger partial charge in [-0.05, 0) is 39.8 Å². The van der Waals surface area contributed by atoms with Crippen molar-refractivity contribution < 1.29 is 0 Å². The van der Waals surface area contributed by atoms with E-state index in [1.807, 2.05) is 13.1 Å². The van der Waals surface area contributed by atoms with Crippen molar-refractivity contribution in [1.29, 1.82) is 0 Å². The molecule has 1 atom stereocenters. The summed E-state index contributed by atoms with van der Waals surface area (Å²) in [5.74, 6) is 0. The molecule has 0 fully saturated rings. The van der Waals surface area contributed by atoms with Crippen LogP contribution in [0.15, 0.2) is 11.8 Å². The monoisotopic (exact) mass is 224 g/mol. The average Bonchev–Trinajstić information content (AvgIpc) is 2.60. The maximum Gasteiger partial charge on any atom is 0.0900 e. The van der Waals surface area contributed by atoms with Crippen molar-refractivity contribution in [3.8, 4) is 0 Å². The summed E-state index contributed by atoms with van der Waals surface area (Å²) in [6.45, 7) is 9.67. The van der Waals surface area contributed by atoms with E-state index in [-0.39, 0.29) is 0 Å². The van der Waals surface area contributed by atoms with Crippen molar-refractivity contribution in [2.24, 2.45) is 0 Å². The minimum Gasteiger partial charge on any atom is -0.311 e. The molecule has 1 heterocycles. The van der Waals surface area contributed by atoms with E-state index in [1.54, 1.807) is 11.3 Å². The fraction of sp³-hybridized carbons (Fsp3) is 0.583. The van der Waals surface area contributed by atoms with Crippen molar-refractivity contribution in [3.05, 3.63) is 21.7 Å². The fourth-order valence-corrected chi connectivity index (χ4v) is 2.11. The summed E-state index contributed by atoms with van der Waals surface area (Å²) in [7, 11) is 0. The van der Waals surface area contributed by atoms with Crippen LogP contribution in [0.3, 0.4) is 0 Å². The third kappa shape index (κ3) is 4.14. The largest absolute Gasteiger partial charge is 0.311 e. The molecule has 0 amide bonds. The lowest BCUT2D eigenvalue weighted by Crippen LogP contribution is -2.27. The van der Waals surface area contributed by atoms with Crippen molar-refractivity contribution >= 4 is 17.4 Å². The van der Waals surface area contributed by atoms with Gasteiger partial charge in [-0.15, -0.1) is 11.3 Å². The van der Waals surface area contributed by atoms with E-state index in [0.717, 1.165) is 11.6 Å². The van der Waals surface area contributed by atoms with Crippen molar-refractivity contribution in [2.75, 3.05) is 6.54 Å². The van der Waals surface area contributed by atoms with E-state index in [2.05, 4.69) is 37.1 Å². The first-order valence-corrected chi connectivity index (χ1v) is 6.29. The summed E-state index contributed by atoms with van der Waals surface area (Å²) in [5.41, 5.74) is 1.37. The molecule has 1 rings (SSSR count). The van der Waals surface area contributed by atoms with Gasteiger partial charge in [0.1, 0.15) is 0 Å². The summed E-state index contributed by atoms with van der Waals surface area (Å²) < 4.78 is 0. The number of aromatic nitrogens is 1. The predicted octanol–water partition coefficient (Wildman–Crippen LogP) is 3.24. The third-order valence-corrected chi connectivity index (χ3v) is 3.25. The second-order valence-corrected chi connectivity index (χ2v) is 5.11. The molecule has 1 N–H and O–H groups in total. The minimum absolute atomic E-state index is 0.451. The van der Waals surface area contributed by atoms with Gasteiger partial charge in [-0.1, -0.05) is 12.5 Å². The SMILES string of the molecule is CCCNC(C)C(C)=Cc1cnc(C)s1. The predicted molar refractivity (Wildman–Crippen MR) is 68.3 cm³/mol. The van der Waals surface area contributed by atoms with Crippen LogP contribution in [0.25, 0.3) is 6.08 Å². The number of rotatable bonds is 5. The van der Waals surface area contributed by atoms with Gasteiger partial charge in [0, 0.05) is 17.1 Å². The lowest BCUT2D eigenvalue weighted by Gasteiger charge is -2.13. The van der Waals surface area contributed by atoms with Crippen LogP contribution in [-0.2, 0) is 0 Å². The fourth-order valence-electron chi connectivity index (χ4n) is 1.32. The second-order valence-electron chi connectivity index (χ2n) is 3.85. The molecular formula is C12H20N2S. The molecule has 3 heteroatoms. The molecule has 0 aliphatic heterocycles. The Bertz CT molecular complexity index is 328. The normalized spacial score (nSPS) is 14.3. The number of thiazole rings is 1. The Labute approximate surface area is 96.4 Å².